The van der Waals surface area contributed by atoms with Crippen LogP contribution in [0.25, 0.3) is 0 Å². The van der Waals surface area contributed by atoms with Gasteiger partial charge in [0.05, 0.1) is 11.8 Å². The SMILES string of the molecule is C#CCOc1ccccc1/C=N\NC(=O)C(=O)Nc1sc2c(c1C#N)CCCC2. The number of benzene rings is 1. The standard InChI is InChI=1S/C21H18N4O3S/c1-2-11-28-17-9-5-3-7-14(17)13-23-25-20(27)19(26)24-21-16(12-22)15-8-4-6-10-18(15)29-21/h1,3,5,7,9,13H,4,6,8,10-11H2,(H,24,26)(H,25,27)/b23-13-. The predicted octanol–water partition coefficient (Wildman–Crippen LogP) is 2.60. The fourth-order valence-electron chi connectivity index (χ4n) is 2.98. The summed E-state index contributed by atoms with van der Waals surface area (Å²) in [5, 5.41) is 16.2. The Morgan fingerprint density at radius 2 is 2.07 bits per heavy atom. The first-order valence-corrected chi connectivity index (χ1v) is 9.80. The summed E-state index contributed by atoms with van der Waals surface area (Å²) in [7, 11) is 0. The van der Waals surface area contributed by atoms with Crippen molar-refractivity contribution in [3.63, 3.8) is 0 Å². The molecule has 29 heavy (non-hydrogen) atoms. The van der Waals surface area contributed by atoms with Gasteiger partial charge in [0.2, 0.25) is 0 Å². The minimum atomic E-state index is -0.932. The van der Waals surface area contributed by atoms with Gasteiger partial charge < -0.3 is 10.1 Å². The molecule has 1 heterocycles. The van der Waals surface area contributed by atoms with Crippen molar-refractivity contribution in [1.29, 1.82) is 5.26 Å². The first-order chi connectivity index (χ1) is 14.1. The summed E-state index contributed by atoms with van der Waals surface area (Å²) in [6.45, 7) is 0.103. The van der Waals surface area contributed by atoms with Crippen molar-refractivity contribution >= 4 is 34.4 Å². The maximum absolute atomic E-state index is 12.2. The molecule has 1 aromatic heterocycles. The molecule has 2 N–H and O–H groups in total. The van der Waals surface area contributed by atoms with Crippen LogP contribution in [-0.4, -0.2) is 24.6 Å². The number of thiophene rings is 1. The molecule has 0 radical (unpaired) electrons. The van der Waals surface area contributed by atoms with E-state index in [1.54, 1.807) is 24.3 Å². The third kappa shape index (κ3) is 4.81. The highest BCUT2D eigenvalue weighted by Crippen LogP contribution is 2.37. The van der Waals surface area contributed by atoms with E-state index in [1.807, 2.05) is 0 Å². The molecule has 3 rings (SSSR count). The predicted molar refractivity (Wildman–Crippen MR) is 111 cm³/mol. The summed E-state index contributed by atoms with van der Waals surface area (Å²) in [6.07, 6.45) is 10.3. The molecule has 1 aliphatic carbocycles. The van der Waals surface area contributed by atoms with Gasteiger partial charge in [0.15, 0.2) is 0 Å². The fraction of sp³-hybridized carbons (Fsp3) is 0.238. The van der Waals surface area contributed by atoms with Crippen molar-refractivity contribution in [2.24, 2.45) is 5.10 Å². The van der Waals surface area contributed by atoms with Crippen molar-refractivity contribution in [3.05, 3.63) is 45.8 Å². The van der Waals surface area contributed by atoms with Crippen LogP contribution in [0.2, 0.25) is 0 Å². The molecule has 7 nitrogen and oxygen atoms in total. The molecule has 0 saturated carbocycles. The number of hydrogen-bond donors (Lipinski definition) is 2. The van der Waals surface area contributed by atoms with Crippen molar-refractivity contribution < 1.29 is 14.3 Å². The molecule has 0 atom stereocenters. The molecule has 2 amide bonds. The summed E-state index contributed by atoms with van der Waals surface area (Å²) < 4.78 is 5.39. The first-order valence-electron chi connectivity index (χ1n) is 8.98. The van der Waals surface area contributed by atoms with Gasteiger partial charge in [0.1, 0.15) is 23.4 Å². The summed E-state index contributed by atoms with van der Waals surface area (Å²) in [5.74, 6) is 1.07. The summed E-state index contributed by atoms with van der Waals surface area (Å²) in [5.41, 5.74) is 4.22. The Hall–Kier alpha value is -3.62. The van der Waals surface area contributed by atoms with Crippen molar-refractivity contribution in [2.45, 2.75) is 25.7 Å². The smallest absolute Gasteiger partial charge is 0.329 e. The van der Waals surface area contributed by atoms with Gasteiger partial charge in [-0.2, -0.15) is 10.4 Å². The fourth-order valence-corrected chi connectivity index (χ4v) is 4.22. The Bertz CT molecular complexity index is 1040. The Balaban J connectivity index is 1.63. The molecule has 0 aliphatic heterocycles. The molecular formula is C21H18N4O3S. The number of carbonyl (C=O) groups excluding carboxylic acids is 2. The molecule has 146 valence electrons. The molecular weight excluding hydrogens is 388 g/mol. The van der Waals surface area contributed by atoms with E-state index in [4.69, 9.17) is 11.2 Å². The number of nitriles is 1. The van der Waals surface area contributed by atoms with Crippen molar-refractivity contribution in [3.8, 4) is 24.2 Å². The topological polar surface area (TPSA) is 104 Å². The van der Waals surface area contributed by atoms with Crippen LogP contribution in [0.5, 0.6) is 5.75 Å². The zero-order valence-corrected chi connectivity index (χ0v) is 16.3. The number of nitrogens with zero attached hydrogens (tertiary/aromatic N) is 2. The minimum absolute atomic E-state index is 0.103. The highest BCUT2D eigenvalue weighted by atomic mass is 32.1. The van der Waals surface area contributed by atoms with Crippen LogP contribution in [-0.2, 0) is 22.4 Å². The maximum atomic E-state index is 12.2. The number of hydrazone groups is 1. The molecule has 0 unspecified atom stereocenters. The Morgan fingerprint density at radius 1 is 1.28 bits per heavy atom. The van der Waals surface area contributed by atoms with E-state index in [9.17, 15) is 14.9 Å². The number of nitrogens with one attached hydrogen (secondary N) is 2. The number of ether oxygens (including phenoxy) is 1. The number of anilines is 1. The number of aryl methyl sites for hydroxylation is 1. The van der Waals surface area contributed by atoms with Crippen LogP contribution in [0.4, 0.5) is 5.00 Å². The number of amides is 2. The maximum Gasteiger partial charge on any atom is 0.329 e. The second-order valence-electron chi connectivity index (χ2n) is 6.21. The summed E-state index contributed by atoms with van der Waals surface area (Å²) in [4.78, 5) is 25.4. The van der Waals surface area contributed by atoms with Crippen LogP contribution in [0.3, 0.4) is 0 Å². The lowest BCUT2D eigenvalue weighted by molar-refractivity contribution is -0.136. The lowest BCUT2D eigenvalue weighted by atomic mass is 9.96. The third-order valence-electron chi connectivity index (χ3n) is 4.32. The molecule has 8 heteroatoms. The van der Waals surface area contributed by atoms with Crippen LogP contribution < -0.4 is 15.5 Å². The van der Waals surface area contributed by atoms with Crippen LogP contribution in [0.1, 0.15) is 34.4 Å². The van der Waals surface area contributed by atoms with E-state index in [0.29, 0.717) is 21.9 Å². The van der Waals surface area contributed by atoms with Crippen LogP contribution in [0, 0.1) is 23.7 Å². The van der Waals surface area contributed by atoms with Gasteiger partial charge >= 0.3 is 11.8 Å². The van der Waals surface area contributed by atoms with Crippen LogP contribution in [0.15, 0.2) is 29.4 Å². The Morgan fingerprint density at radius 3 is 2.86 bits per heavy atom. The van der Waals surface area contributed by atoms with Gasteiger partial charge in [-0.05, 0) is 43.4 Å². The molecule has 0 saturated heterocycles. The van der Waals surface area contributed by atoms with Crippen molar-refractivity contribution in [2.75, 3.05) is 11.9 Å². The molecule has 2 aromatic rings. The van der Waals surface area contributed by atoms with E-state index >= 15 is 0 Å². The lowest BCUT2D eigenvalue weighted by Gasteiger charge is -2.09. The quantitative estimate of drug-likeness (QED) is 0.345. The van der Waals surface area contributed by atoms with E-state index in [2.05, 4.69) is 27.8 Å². The molecule has 1 aromatic carbocycles. The minimum Gasteiger partial charge on any atom is -0.480 e. The second-order valence-corrected chi connectivity index (χ2v) is 7.32. The van der Waals surface area contributed by atoms with E-state index in [-0.39, 0.29) is 6.61 Å². The van der Waals surface area contributed by atoms with E-state index in [0.717, 1.165) is 36.1 Å². The van der Waals surface area contributed by atoms with Gasteiger partial charge in [0.25, 0.3) is 0 Å². The average Bonchev–Trinajstić information content (AvgIpc) is 3.09. The summed E-state index contributed by atoms with van der Waals surface area (Å²) >= 11 is 1.36. The number of para-hydroxylation sites is 1. The van der Waals surface area contributed by atoms with Gasteiger partial charge in [-0.15, -0.1) is 17.8 Å². The Labute approximate surface area is 172 Å². The van der Waals surface area contributed by atoms with Gasteiger partial charge in [-0.1, -0.05) is 18.1 Å². The van der Waals surface area contributed by atoms with E-state index < -0.39 is 11.8 Å². The van der Waals surface area contributed by atoms with Crippen LogP contribution >= 0.6 is 11.3 Å². The number of rotatable bonds is 5. The molecule has 0 spiro atoms. The van der Waals surface area contributed by atoms with Crippen molar-refractivity contribution in [1.82, 2.24) is 5.43 Å². The molecule has 0 bridgehead atoms. The van der Waals surface area contributed by atoms with Gasteiger partial charge in [0, 0.05) is 10.4 Å². The molecule has 1 aliphatic rings. The second kappa shape index (κ2) is 9.54. The largest absolute Gasteiger partial charge is 0.480 e. The zero-order chi connectivity index (χ0) is 20.6. The summed E-state index contributed by atoms with van der Waals surface area (Å²) in [6, 6.07) is 9.15. The monoisotopic (exact) mass is 406 g/mol. The third-order valence-corrected chi connectivity index (χ3v) is 5.52. The zero-order valence-electron chi connectivity index (χ0n) is 15.5. The lowest BCUT2D eigenvalue weighted by Crippen LogP contribution is -2.32. The first kappa shape index (κ1) is 20.1. The molecule has 0 fully saturated rings. The number of carbonyl (C=O) groups is 2. The number of fused-ring (bicyclic) bond motifs is 1. The normalized spacial score (nSPS) is 12.5. The van der Waals surface area contributed by atoms with Gasteiger partial charge in [-0.3, -0.25) is 9.59 Å². The van der Waals surface area contributed by atoms with Gasteiger partial charge in [-0.25, -0.2) is 5.43 Å². The highest BCUT2D eigenvalue weighted by Gasteiger charge is 2.23. The highest BCUT2D eigenvalue weighted by molar-refractivity contribution is 7.16. The Kier molecular flexibility index (Phi) is 6.62. The number of terminal acetylenes is 1. The van der Waals surface area contributed by atoms with E-state index in [1.165, 1.54) is 17.6 Å². The number of hydrogen-bond acceptors (Lipinski definition) is 6. The average molecular weight is 406 g/mol.